The molecular weight excluding hydrogens is 520 g/mol. The van der Waals surface area contributed by atoms with E-state index >= 15 is 0 Å². The van der Waals surface area contributed by atoms with Crippen LogP contribution in [0.3, 0.4) is 0 Å². The third-order valence-corrected chi connectivity index (χ3v) is 6.18. The highest BCUT2D eigenvalue weighted by Crippen LogP contribution is 2.32. The molecule has 0 radical (unpaired) electrons. The standard InChI is InChI=1S/C28H21BrN4O3/c29-24-9-6-19(7-10-24)16-33-17-23(27(32-33)21-4-2-1-3-5-21)13-22(14-30)28(34)31-15-20-8-11-25-26(12-20)36-18-35-25/h1-13,17H,15-16,18H2,(H,31,34)/b22-13+. The van der Waals surface area contributed by atoms with Gasteiger partial charge in [-0.1, -0.05) is 64.5 Å². The zero-order valence-corrected chi connectivity index (χ0v) is 20.7. The average molecular weight is 541 g/mol. The van der Waals surface area contributed by atoms with Crippen molar-refractivity contribution in [3.63, 3.8) is 0 Å². The summed E-state index contributed by atoms with van der Waals surface area (Å²) < 4.78 is 13.5. The Morgan fingerprint density at radius 3 is 2.58 bits per heavy atom. The Kier molecular flexibility index (Phi) is 6.83. The first kappa shape index (κ1) is 23.4. The van der Waals surface area contributed by atoms with Crippen LogP contribution in [0.15, 0.2) is 89.0 Å². The van der Waals surface area contributed by atoms with E-state index in [0.717, 1.165) is 21.2 Å². The Balaban J connectivity index is 1.39. The number of ether oxygens (including phenoxy) is 2. The molecule has 0 unspecified atom stereocenters. The summed E-state index contributed by atoms with van der Waals surface area (Å²) in [5.41, 5.74) is 4.21. The largest absolute Gasteiger partial charge is 0.454 e. The monoisotopic (exact) mass is 540 g/mol. The highest BCUT2D eigenvalue weighted by atomic mass is 79.9. The lowest BCUT2D eigenvalue weighted by molar-refractivity contribution is -0.117. The summed E-state index contributed by atoms with van der Waals surface area (Å²) in [5.74, 6) is 0.856. The summed E-state index contributed by atoms with van der Waals surface area (Å²) in [6, 6.07) is 25.2. The molecule has 4 aromatic rings. The fourth-order valence-corrected chi connectivity index (χ4v) is 4.12. The van der Waals surface area contributed by atoms with Gasteiger partial charge in [0.05, 0.1) is 12.2 Å². The van der Waals surface area contributed by atoms with Gasteiger partial charge in [-0.25, -0.2) is 0 Å². The molecule has 1 aromatic heterocycles. The molecular formula is C28H21BrN4O3. The van der Waals surface area contributed by atoms with Crippen molar-refractivity contribution in [2.45, 2.75) is 13.1 Å². The number of nitrogens with zero attached hydrogens (tertiary/aromatic N) is 3. The van der Waals surface area contributed by atoms with Crippen LogP contribution in [0, 0.1) is 11.3 Å². The van der Waals surface area contributed by atoms with Gasteiger partial charge in [0, 0.05) is 28.3 Å². The van der Waals surface area contributed by atoms with Gasteiger partial charge in [0.2, 0.25) is 6.79 Å². The second kappa shape index (κ2) is 10.5. The van der Waals surface area contributed by atoms with E-state index in [-0.39, 0.29) is 18.9 Å². The first-order chi connectivity index (χ1) is 17.6. The number of aromatic nitrogens is 2. The number of fused-ring (bicyclic) bond motifs is 1. The third-order valence-electron chi connectivity index (χ3n) is 5.65. The topological polar surface area (TPSA) is 89.2 Å². The van der Waals surface area contributed by atoms with Crippen LogP contribution in [-0.4, -0.2) is 22.5 Å². The zero-order valence-electron chi connectivity index (χ0n) is 19.1. The van der Waals surface area contributed by atoms with Gasteiger partial charge in [0.15, 0.2) is 11.5 Å². The number of benzene rings is 3. The van der Waals surface area contributed by atoms with Crippen LogP contribution in [0.25, 0.3) is 17.3 Å². The number of hydrogen-bond acceptors (Lipinski definition) is 5. The van der Waals surface area contributed by atoms with Gasteiger partial charge >= 0.3 is 0 Å². The van der Waals surface area contributed by atoms with Gasteiger partial charge in [-0.3, -0.25) is 9.48 Å². The molecule has 178 valence electrons. The number of hydrogen-bond donors (Lipinski definition) is 1. The number of rotatable bonds is 7. The van der Waals surface area contributed by atoms with Crippen LogP contribution >= 0.6 is 15.9 Å². The van der Waals surface area contributed by atoms with E-state index in [1.165, 1.54) is 0 Å². The van der Waals surface area contributed by atoms with Crippen molar-refractivity contribution in [2.24, 2.45) is 0 Å². The molecule has 0 atom stereocenters. The van der Waals surface area contributed by atoms with Crippen molar-refractivity contribution in [3.05, 3.63) is 106 Å². The fraction of sp³-hybridized carbons (Fsp3) is 0.107. The quantitative estimate of drug-likeness (QED) is 0.253. The number of nitriles is 1. The van der Waals surface area contributed by atoms with Gasteiger partial charge in [0.1, 0.15) is 11.6 Å². The Morgan fingerprint density at radius 2 is 1.81 bits per heavy atom. The average Bonchev–Trinajstić information content (AvgIpc) is 3.54. The maximum Gasteiger partial charge on any atom is 0.262 e. The van der Waals surface area contributed by atoms with E-state index in [9.17, 15) is 10.1 Å². The van der Waals surface area contributed by atoms with Crippen LogP contribution in [0.2, 0.25) is 0 Å². The molecule has 0 aliphatic carbocycles. The minimum absolute atomic E-state index is 0.00360. The second-order valence-electron chi connectivity index (χ2n) is 8.16. The number of halogens is 1. The maximum atomic E-state index is 12.9. The van der Waals surface area contributed by atoms with Gasteiger partial charge in [-0.05, 0) is 41.5 Å². The summed E-state index contributed by atoms with van der Waals surface area (Å²) >= 11 is 3.46. The van der Waals surface area contributed by atoms with Crippen LogP contribution in [0.1, 0.15) is 16.7 Å². The predicted octanol–water partition coefficient (Wildman–Crippen LogP) is 5.31. The molecule has 2 heterocycles. The maximum absolute atomic E-state index is 12.9. The molecule has 0 saturated carbocycles. The normalized spacial score (nSPS) is 12.3. The Labute approximate surface area is 216 Å². The Bertz CT molecular complexity index is 1470. The highest BCUT2D eigenvalue weighted by molar-refractivity contribution is 9.10. The predicted molar refractivity (Wildman–Crippen MR) is 139 cm³/mol. The molecule has 0 saturated heterocycles. The Hall–Kier alpha value is -4.35. The molecule has 3 aromatic carbocycles. The number of carbonyl (C=O) groups excluding carboxylic acids is 1. The summed E-state index contributed by atoms with van der Waals surface area (Å²) in [6.07, 6.45) is 3.44. The first-order valence-corrected chi connectivity index (χ1v) is 12.0. The lowest BCUT2D eigenvalue weighted by Crippen LogP contribution is -2.23. The van der Waals surface area contributed by atoms with E-state index in [1.54, 1.807) is 12.1 Å². The number of amides is 1. The summed E-state index contributed by atoms with van der Waals surface area (Å²) in [7, 11) is 0. The lowest BCUT2D eigenvalue weighted by atomic mass is 10.1. The van der Waals surface area contributed by atoms with E-state index in [4.69, 9.17) is 14.6 Å². The van der Waals surface area contributed by atoms with Crippen molar-refractivity contribution in [1.82, 2.24) is 15.1 Å². The molecule has 0 fully saturated rings. The fourth-order valence-electron chi connectivity index (χ4n) is 3.85. The van der Waals surface area contributed by atoms with Gasteiger partial charge in [-0.2, -0.15) is 10.4 Å². The van der Waals surface area contributed by atoms with E-state index in [2.05, 4.69) is 21.2 Å². The van der Waals surface area contributed by atoms with Crippen LogP contribution in [0.5, 0.6) is 11.5 Å². The third kappa shape index (κ3) is 5.32. The molecule has 8 heteroatoms. The molecule has 5 rings (SSSR count). The van der Waals surface area contributed by atoms with Crippen molar-refractivity contribution >= 4 is 27.9 Å². The van der Waals surface area contributed by atoms with Crippen molar-refractivity contribution in [1.29, 1.82) is 5.26 Å². The minimum Gasteiger partial charge on any atom is -0.454 e. The van der Waals surface area contributed by atoms with Crippen LogP contribution in [-0.2, 0) is 17.9 Å². The highest BCUT2D eigenvalue weighted by Gasteiger charge is 2.16. The van der Waals surface area contributed by atoms with Crippen molar-refractivity contribution in [3.8, 4) is 28.8 Å². The number of carbonyl (C=O) groups is 1. The SMILES string of the molecule is N#C/C(=C\c1cn(Cc2ccc(Br)cc2)nc1-c1ccccc1)C(=O)NCc1ccc2c(c1)OCO2. The second-order valence-corrected chi connectivity index (χ2v) is 9.08. The molecule has 1 aliphatic heterocycles. The Morgan fingerprint density at radius 1 is 1.06 bits per heavy atom. The summed E-state index contributed by atoms with van der Waals surface area (Å²) in [6.45, 7) is 0.994. The van der Waals surface area contributed by atoms with Crippen LogP contribution in [0.4, 0.5) is 0 Å². The van der Waals surface area contributed by atoms with E-state index < -0.39 is 5.91 Å². The smallest absolute Gasteiger partial charge is 0.262 e. The zero-order chi connectivity index (χ0) is 24.9. The van der Waals surface area contributed by atoms with Gasteiger partial charge < -0.3 is 14.8 Å². The van der Waals surface area contributed by atoms with Crippen LogP contribution < -0.4 is 14.8 Å². The molecule has 1 aliphatic rings. The molecule has 7 nitrogen and oxygen atoms in total. The molecule has 0 spiro atoms. The first-order valence-electron chi connectivity index (χ1n) is 11.2. The van der Waals surface area contributed by atoms with E-state index in [1.807, 2.05) is 83.7 Å². The lowest BCUT2D eigenvalue weighted by Gasteiger charge is -2.06. The number of nitrogens with one attached hydrogen (secondary N) is 1. The molecule has 36 heavy (non-hydrogen) atoms. The molecule has 1 N–H and O–H groups in total. The molecule has 1 amide bonds. The van der Waals surface area contributed by atoms with E-state index in [0.29, 0.717) is 29.3 Å². The van der Waals surface area contributed by atoms with Crippen molar-refractivity contribution < 1.29 is 14.3 Å². The summed E-state index contributed by atoms with van der Waals surface area (Å²) in [5, 5.41) is 17.3. The minimum atomic E-state index is -0.463. The van der Waals surface area contributed by atoms with Gasteiger partial charge in [0.25, 0.3) is 5.91 Å². The van der Waals surface area contributed by atoms with Crippen molar-refractivity contribution in [2.75, 3.05) is 6.79 Å². The van der Waals surface area contributed by atoms with Gasteiger partial charge in [-0.15, -0.1) is 0 Å². The summed E-state index contributed by atoms with van der Waals surface area (Å²) in [4.78, 5) is 12.9. The molecule has 0 bridgehead atoms.